The van der Waals surface area contributed by atoms with Crippen LogP contribution in [0.3, 0.4) is 0 Å². The summed E-state index contributed by atoms with van der Waals surface area (Å²) in [5.41, 5.74) is 2.55. The lowest BCUT2D eigenvalue weighted by molar-refractivity contribution is -0.173. The summed E-state index contributed by atoms with van der Waals surface area (Å²) in [5, 5.41) is 11.8. The molecule has 0 aliphatic heterocycles. The highest BCUT2D eigenvalue weighted by Crippen LogP contribution is 2.74. The Kier molecular flexibility index (Phi) is 4.78. The molecule has 1 nitrogen and oxygen atoms in total. The maximum atomic E-state index is 11.8. The highest BCUT2D eigenvalue weighted by Gasteiger charge is 2.68. The van der Waals surface area contributed by atoms with Crippen molar-refractivity contribution in [1.29, 1.82) is 0 Å². The lowest BCUT2D eigenvalue weighted by atomic mass is 9.35. The maximum absolute atomic E-state index is 11.8. The van der Waals surface area contributed by atoms with Crippen molar-refractivity contribution in [3.8, 4) is 0 Å². The van der Waals surface area contributed by atoms with E-state index in [1.54, 1.807) is 5.57 Å². The highest BCUT2D eigenvalue weighted by molar-refractivity contribution is 9.09. The summed E-state index contributed by atoms with van der Waals surface area (Å²) in [6.07, 6.45) is 16.9. The lowest BCUT2D eigenvalue weighted by Crippen LogP contribution is -2.65. The number of aliphatic hydroxyl groups is 1. The number of allylic oxidation sites excluding steroid dienone is 3. The Bertz CT molecular complexity index is 838. The Labute approximate surface area is 199 Å². The largest absolute Gasteiger partial charge is 0.389 e. The van der Waals surface area contributed by atoms with E-state index < -0.39 is 5.60 Å². The van der Waals surface area contributed by atoms with Crippen molar-refractivity contribution in [2.75, 3.05) is 0 Å². The highest BCUT2D eigenvalue weighted by atomic mass is 79.9. The van der Waals surface area contributed by atoms with Gasteiger partial charge in [0, 0.05) is 10.7 Å². The zero-order valence-corrected chi connectivity index (χ0v) is 22.6. The summed E-state index contributed by atoms with van der Waals surface area (Å²) in [6.45, 7) is 17.6. The Balaban J connectivity index is 1.63. The number of rotatable bonds is 0. The normalized spacial score (nSPS) is 54.7. The average molecular weight is 490 g/mol. The summed E-state index contributed by atoms with van der Waals surface area (Å²) < 4.78 is 0. The second kappa shape index (κ2) is 6.53. The van der Waals surface area contributed by atoms with E-state index in [0.29, 0.717) is 27.5 Å². The van der Waals surface area contributed by atoms with Crippen LogP contribution < -0.4 is 0 Å². The van der Waals surface area contributed by atoms with Gasteiger partial charge in [-0.25, -0.2) is 0 Å². The molecule has 1 N–H and O–H groups in total. The van der Waals surface area contributed by atoms with Gasteiger partial charge in [-0.05, 0) is 90.3 Å². The van der Waals surface area contributed by atoms with E-state index in [9.17, 15) is 5.11 Å². The van der Waals surface area contributed by atoms with Crippen molar-refractivity contribution in [2.45, 2.75) is 110 Å². The number of hydrogen-bond donors (Lipinski definition) is 1. The fourth-order valence-electron chi connectivity index (χ4n) is 9.88. The standard InChI is InChI=1S/C29H45BrO/c1-24(2)13-15-29(31)16-14-27(6)19(20(29)18-24)17-21(30)23-26(5)11-8-10-25(3,4)22(26)9-12-28(23,27)7/h8,10,17,20-23,31H,9,11-16,18H2,1-7H3/t20?,21?,22?,23?,26-,27-,28+,29-/m0/s1. The first-order valence-corrected chi connectivity index (χ1v) is 13.9. The molecular formula is C29H45BrO. The van der Waals surface area contributed by atoms with Crippen molar-refractivity contribution in [3.05, 3.63) is 23.8 Å². The topological polar surface area (TPSA) is 20.2 Å². The number of hydrogen-bond acceptors (Lipinski definition) is 1. The smallest absolute Gasteiger partial charge is 0.0713 e. The van der Waals surface area contributed by atoms with Gasteiger partial charge in [-0.3, -0.25) is 0 Å². The van der Waals surface area contributed by atoms with Gasteiger partial charge in [0.05, 0.1) is 5.60 Å². The van der Waals surface area contributed by atoms with Crippen LogP contribution in [0.25, 0.3) is 0 Å². The van der Waals surface area contributed by atoms with Crippen LogP contribution in [0.2, 0.25) is 0 Å². The molecule has 0 heterocycles. The van der Waals surface area contributed by atoms with Crippen molar-refractivity contribution in [2.24, 2.45) is 44.8 Å². The quantitative estimate of drug-likeness (QED) is 0.269. The van der Waals surface area contributed by atoms with E-state index in [4.69, 9.17) is 0 Å². The monoisotopic (exact) mass is 488 g/mol. The second-order valence-corrected chi connectivity index (χ2v) is 15.4. The van der Waals surface area contributed by atoms with Crippen LogP contribution in [-0.2, 0) is 0 Å². The van der Waals surface area contributed by atoms with Gasteiger partial charge in [0.1, 0.15) is 0 Å². The molecule has 5 aliphatic rings. The van der Waals surface area contributed by atoms with Crippen LogP contribution in [0.5, 0.6) is 0 Å². The minimum absolute atomic E-state index is 0.200. The van der Waals surface area contributed by atoms with Gasteiger partial charge >= 0.3 is 0 Å². The van der Waals surface area contributed by atoms with E-state index >= 15 is 0 Å². The van der Waals surface area contributed by atoms with Gasteiger partial charge in [0.25, 0.3) is 0 Å². The van der Waals surface area contributed by atoms with Gasteiger partial charge in [0.15, 0.2) is 0 Å². The Hall–Kier alpha value is -0.0800. The van der Waals surface area contributed by atoms with E-state index in [-0.39, 0.29) is 16.2 Å². The second-order valence-electron chi connectivity index (χ2n) is 14.3. The molecule has 174 valence electrons. The average Bonchev–Trinajstić information content (AvgIpc) is 2.64. The SMILES string of the molecule is CC1(C)CC[C@]2(O)CC[C@@]3(C)C(=CC(Br)C4[C@@]5(C)CC=CC(C)(C)C5CC[C@]43C)C2C1. The molecular weight excluding hydrogens is 444 g/mol. The number of fused-ring (bicyclic) bond motifs is 7. The predicted molar refractivity (Wildman–Crippen MR) is 134 cm³/mol. The summed E-state index contributed by atoms with van der Waals surface area (Å²) in [4.78, 5) is 0.406. The molecule has 0 amide bonds. The summed E-state index contributed by atoms with van der Waals surface area (Å²) >= 11 is 4.27. The molecule has 5 rings (SSSR count). The third-order valence-corrected chi connectivity index (χ3v) is 12.6. The summed E-state index contributed by atoms with van der Waals surface area (Å²) in [5.74, 6) is 1.72. The van der Waals surface area contributed by atoms with Crippen LogP contribution >= 0.6 is 15.9 Å². The molecule has 0 bridgehead atoms. The molecule has 0 aromatic heterocycles. The Morgan fingerprint density at radius 3 is 2.32 bits per heavy atom. The molecule has 3 fully saturated rings. The van der Waals surface area contributed by atoms with Crippen LogP contribution in [0.1, 0.15) is 99.8 Å². The van der Waals surface area contributed by atoms with Gasteiger partial charge in [-0.2, -0.15) is 0 Å². The molecule has 3 saturated carbocycles. The van der Waals surface area contributed by atoms with Crippen LogP contribution in [-0.4, -0.2) is 15.5 Å². The van der Waals surface area contributed by atoms with Gasteiger partial charge in [0.2, 0.25) is 0 Å². The van der Waals surface area contributed by atoms with Crippen molar-refractivity contribution >= 4 is 15.9 Å². The number of halogens is 1. The van der Waals surface area contributed by atoms with E-state index in [0.717, 1.165) is 38.0 Å². The molecule has 8 atom stereocenters. The van der Waals surface area contributed by atoms with Gasteiger partial charge < -0.3 is 5.11 Å². The molecule has 2 heteroatoms. The molecule has 0 aromatic rings. The Morgan fingerprint density at radius 1 is 0.935 bits per heavy atom. The molecule has 0 aromatic carbocycles. The maximum Gasteiger partial charge on any atom is 0.0713 e. The van der Waals surface area contributed by atoms with Gasteiger partial charge in [-0.15, -0.1) is 0 Å². The molecule has 0 saturated heterocycles. The number of alkyl halides is 1. The third-order valence-electron chi connectivity index (χ3n) is 11.8. The molecule has 31 heavy (non-hydrogen) atoms. The van der Waals surface area contributed by atoms with Crippen LogP contribution in [0, 0.1) is 44.8 Å². The zero-order chi connectivity index (χ0) is 22.7. The van der Waals surface area contributed by atoms with E-state index in [2.05, 4.69) is 82.6 Å². The van der Waals surface area contributed by atoms with Crippen LogP contribution in [0.15, 0.2) is 23.8 Å². The van der Waals surface area contributed by atoms with Crippen molar-refractivity contribution in [1.82, 2.24) is 0 Å². The van der Waals surface area contributed by atoms with E-state index in [1.807, 2.05) is 0 Å². The Morgan fingerprint density at radius 2 is 1.61 bits per heavy atom. The minimum Gasteiger partial charge on any atom is -0.389 e. The minimum atomic E-state index is -0.479. The molecule has 5 aliphatic carbocycles. The predicted octanol–water partition coefficient (Wildman–Crippen LogP) is 8.07. The molecule has 0 spiro atoms. The first kappa shape index (κ1) is 22.7. The van der Waals surface area contributed by atoms with Gasteiger partial charge in [-0.1, -0.05) is 88.2 Å². The van der Waals surface area contributed by atoms with Crippen molar-refractivity contribution < 1.29 is 5.11 Å². The first-order chi connectivity index (χ1) is 14.2. The molecule has 0 radical (unpaired) electrons. The van der Waals surface area contributed by atoms with Crippen molar-refractivity contribution in [3.63, 3.8) is 0 Å². The fraction of sp³-hybridized carbons (Fsp3) is 0.862. The van der Waals surface area contributed by atoms with E-state index in [1.165, 1.54) is 19.3 Å². The zero-order valence-electron chi connectivity index (χ0n) is 21.0. The summed E-state index contributed by atoms with van der Waals surface area (Å²) in [6, 6.07) is 0. The third kappa shape index (κ3) is 2.88. The summed E-state index contributed by atoms with van der Waals surface area (Å²) in [7, 11) is 0. The molecule has 4 unspecified atom stereocenters. The fourth-order valence-corrected chi connectivity index (χ4v) is 11.4. The lowest BCUT2D eigenvalue weighted by Gasteiger charge is -2.71. The first-order valence-electron chi connectivity index (χ1n) is 13.0. The van der Waals surface area contributed by atoms with Crippen LogP contribution in [0.4, 0.5) is 0 Å².